The van der Waals surface area contributed by atoms with E-state index in [1.54, 1.807) is 11.8 Å². The van der Waals surface area contributed by atoms with Crippen LogP contribution >= 0.6 is 23.4 Å². The second-order valence-corrected chi connectivity index (χ2v) is 10.7. The molecule has 0 aliphatic rings. The third kappa shape index (κ3) is 6.14. The first-order chi connectivity index (χ1) is 15.0. The van der Waals surface area contributed by atoms with Crippen LogP contribution in [-0.4, -0.2) is 20.7 Å². The lowest BCUT2D eigenvalue weighted by Gasteiger charge is -2.21. The number of carbonyl (C=O) groups is 1. The standard InChI is InChI=1S/C25H31ClN4OS/c1-16-9-7-8-10-19(16)15-32-24-29-28-23(18(3)27-22(31)14-25(4,5)6)30(24)21-13-20(26)12-11-17(21)2/h7-13,18H,14-15H2,1-6H3,(H,27,31). The highest BCUT2D eigenvalue weighted by molar-refractivity contribution is 7.98. The molecule has 5 nitrogen and oxygen atoms in total. The van der Waals surface area contributed by atoms with Crippen molar-refractivity contribution in [2.75, 3.05) is 0 Å². The van der Waals surface area contributed by atoms with Gasteiger partial charge in [-0.15, -0.1) is 10.2 Å². The van der Waals surface area contributed by atoms with E-state index in [4.69, 9.17) is 11.6 Å². The Balaban J connectivity index is 1.96. The van der Waals surface area contributed by atoms with Crippen molar-refractivity contribution in [2.24, 2.45) is 5.41 Å². The number of nitrogens with one attached hydrogen (secondary N) is 1. The Morgan fingerprint density at radius 2 is 1.84 bits per heavy atom. The van der Waals surface area contributed by atoms with Crippen molar-refractivity contribution in [3.8, 4) is 5.69 Å². The second kappa shape index (κ2) is 10.1. The summed E-state index contributed by atoms with van der Waals surface area (Å²) in [5, 5.41) is 13.5. The molecule has 0 saturated heterocycles. The lowest BCUT2D eigenvalue weighted by atomic mass is 9.92. The SMILES string of the molecule is Cc1ccccc1CSc1nnc(C(C)NC(=O)CC(C)(C)C)n1-c1cc(Cl)ccc1C. The maximum absolute atomic E-state index is 12.6. The average molecular weight is 471 g/mol. The third-order valence-electron chi connectivity index (χ3n) is 5.14. The summed E-state index contributed by atoms with van der Waals surface area (Å²) in [7, 11) is 0. The van der Waals surface area contributed by atoms with Crippen molar-refractivity contribution >= 4 is 29.3 Å². The summed E-state index contributed by atoms with van der Waals surface area (Å²) in [5.41, 5.74) is 4.38. The highest BCUT2D eigenvalue weighted by Crippen LogP contribution is 2.31. The number of benzene rings is 2. The largest absolute Gasteiger partial charge is 0.346 e. The van der Waals surface area contributed by atoms with Gasteiger partial charge < -0.3 is 5.32 Å². The maximum atomic E-state index is 12.6. The van der Waals surface area contributed by atoms with Gasteiger partial charge in [-0.2, -0.15) is 0 Å². The van der Waals surface area contributed by atoms with E-state index in [1.807, 2.05) is 48.7 Å². The quantitative estimate of drug-likeness (QED) is 0.403. The van der Waals surface area contributed by atoms with Crippen molar-refractivity contribution in [1.29, 1.82) is 0 Å². The van der Waals surface area contributed by atoms with Crippen LogP contribution in [0.4, 0.5) is 0 Å². The molecular formula is C25H31ClN4OS. The number of aromatic nitrogens is 3. The fourth-order valence-electron chi connectivity index (χ4n) is 3.46. The van der Waals surface area contributed by atoms with Crippen LogP contribution in [0, 0.1) is 19.3 Å². The summed E-state index contributed by atoms with van der Waals surface area (Å²) >= 11 is 7.96. The molecule has 1 N–H and O–H groups in total. The lowest BCUT2D eigenvalue weighted by Crippen LogP contribution is -2.31. The Kier molecular flexibility index (Phi) is 7.67. The second-order valence-electron chi connectivity index (χ2n) is 9.35. The van der Waals surface area contributed by atoms with Gasteiger partial charge in [0, 0.05) is 17.2 Å². The molecule has 3 rings (SSSR count). The zero-order chi connectivity index (χ0) is 23.5. The van der Waals surface area contributed by atoms with E-state index in [-0.39, 0.29) is 17.4 Å². The first-order valence-corrected chi connectivity index (χ1v) is 12.1. The van der Waals surface area contributed by atoms with Gasteiger partial charge in [-0.25, -0.2) is 0 Å². The molecule has 0 aliphatic heterocycles. The molecule has 1 amide bonds. The molecule has 1 unspecified atom stereocenters. The zero-order valence-corrected chi connectivity index (χ0v) is 21.1. The molecule has 1 aromatic heterocycles. The number of aryl methyl sites for hydroxylation is 2. The highest BCUT2D eigenvalue weighted by atomic mass is 35.5. The van der Waals surface area contributed by atoms with Gasteiger partial charge in [0.05, 0.1) is 11.7 Å². The monoisotopic (exact) mass is 470 g/mol. The highest BCUT2D eigenvalue weighted by Gasteiger charge is 2.24. The molecule has 0 bridgehead atoms. The number of amides is 1. The van der Waals surface area contributed by atoms with Gasteiger partial charge in [0.15, 0.2) is 11.0 Å². The zero-order valence-electron chi connectivity index (χ0n) is 19.6. The topological polar surface area (TPSA) is 59.8 Å². The Labute approximate surface area is 200 Å². The molecule has 3 aromatic rings. The van der Waals surface area contributed by atoms with Crippen LogP contribution in [0.25, 0.3) is 5.69 Å². The first kappa shape index (κ1) is 24.3. The molecule has 0 saturated carbocycles. The first-order valence-electron chi connectivity index (χ1n) is 10.7. The van der Waals surface area contributed by atoms with E-state index in [9.17, 15) is 4.79 Å². The molecule has 0 radical (unpaired) electrons. The molecule has 1 atom stereocenters. The van der Waals surface area contributed by atoms with Gasteiger partial charge in [-0.05, 0) is 55.0 Å². The van der Waals surface area contributed by atoms with E-state index in [0.717, 1.165) is 22.2 Å². The normalized spacial score (nSPS) is 12.6. The average Bonchev–Trinajstić information content (AvgIpc) is 3.11. The number of hydrogen-bond donors (Lipinski definition) is 1. The third-order valence-corrected chi connectivity index (χ3v) is 6.36. The number of hydrogen-bond acceptors (Lipinski definition) is 4. The Hall–Kier alpha value is -2.31. The van der Waals surface area contributed by atoms with Gasteiger partial charge in [0.25, 0.3) is 0 Å². The number of nitrogens with zero attached hydrogens (tertiary/aromatic N) is 3. The van der Waals surface area contributed by atoms with E-state index < -0.39 is 0 Å². The number of carbonyl (C=O) groups excluding carboxylic acids is 1. The van der Waals surface area contributed by atoms with Crippen LogP contribution in [0.15, 0.2) is 47.6 Å². The summed E-state index contributed by atoms with van der Waals surface area (Å²) in [6.07, 6.45) is 0.441. The summed E-state index contributed by atoms with van der Waals surface area (Å²) in [6, 6.07) is 13.8. The minimum Gasteiger partial charge on any atom is -0.346 e. The van der Waals surface area contributed by atoms with Gasteiger partial charge >= 0.3 is 0 Å². The van der Waals surface area contributed by atoms with Crippen molar-refractivity contribution < 1.29 is 4.79 Å². The van der Waals surface area contributed by atoms with Crippen LogP contribution < -0.4 is 5.32 Å². The molecule has 0 fully saturated rings. The van der Waals surface area contributed by atoms with Crippen LogP contribution in [-0.2, 0) is 10.5 Å². The minimum atomic E-state index is -0.302. The predicted octanol–water partition coefficient (Wildman–Crippen LogP) is 6.44. The molecular weight excluding hydrogens is 440 g/mol. The molecule has 7 heteroatoms. The van der Waals surface area contributed by atoms with E-state index in [2.05, 4.69) is 55.3 Å². The molecule has 170 valence electrons. The molecule has 0 spiro atoms. The van der Waals surface area contributed by atoms with Crippen LogP contribution in [0.2, 0.25) is 5.02 Å². The summed E-state index contributed by atoms with van der Waals surface area (Å²) < 4.78 is 2.02. The van der Waals surface area contributed by atoms with Crippen molar-refractivity contribution in [3.63, 3.8) is 0 Å². The smallest absolute Gasteiger partial charge is 0.221 e. The summed E-state index contributed by atoms with van der Waals surface area (Å²) in [4.78, 5) is 12.6. The van der Waals surface area contributed by atoms with Crippen molar-refractivity contribution in [2.45, 2.75) is 64.9 Å². The van der Waals surface area contributed by atoms with Gasteiger partial charge in [-0.3, -0.25) is 9.36 Å². The number of thioether (sulfide) groups is 1. The Morgan fingerprint density at radius 1 is 1.12 bits per heavy atom. The maximum Gasteiger partial charge on any atom is 0.221 e. The molecule has 32 heavy (non-hydrogen) atoms. The van der Waals surface area contributed by atoms with Crippen molar-refractivity contribution in [1.82, 2.24) is 20.1 Å². The summed E-state index contributed by atoms with van der Waals surface area (Å²) in [5.74, 6) is 1.45. The van der Waals surface area contributed by atoms with Crippen LogP contribution in [0.3, 0.4) is 0 Å². The Bertz CT molecular complexity index is 1100. The van der Waals surface area contributed by atoms with E-state index >= 15 is 0 Å². The van der Waals surface area contributed by atoms with E-state index in [0.29, 0.717) is 17.3 Å². The minimum absolute atomic E-state index is 0.00326. The van der Waals surface area contributed by atoms with Gasteiger partial charge in [0.2, 0.25) is 5.91 Å². The Morgan fingerprint density at radius 3 is 2.53 bits per heavy atom. The molecule has 2 aromatic carbocycles. The molecule has 1 heterocycles. The summed E-state index contributed by atoms with van der Waals surface area (Å²) in [6.45, 7) is 12.2. The van der Waals surface area contributed by atoms with Gasteiger partial charge in [-0.1, -0.05) is 74.5 Å². The lowest BCUT2D eigenvalue weighted by molar-refractivity contribution is -0.123. The van der Waals surface area contributed by atoms with E-state index in [1.165, 1.54) is 11.1 Å². The predicted molar refractivity (Wildman–Crippen MR) is 132 cm³/mol. The molecule has 0 aliphatic carbocycles. The fourth-order valence-corrected chi connectivity index (χ4v) is 4.65. The van der Waals surface area contributed by atoms with Gasteiger partial charge in [0.1, 0.15) is 0 Å². The van der Waals surface area contributed by atoms with Crippen LogP contribution in [0.5, 0.6) is 0 Å². The number of halogens is 1. The van der Waals surface area contributed by atoms with Crippen LogP contribution in [0.1, 0.15) is 62.7 Å². The number of rotatable bonds is 7. The fraction of sp³-hybridized carbons (Fsp3) is 0.400. The van der Waals surface area contributed by atoms with Crippen molar-refractivity contribution in [3.05, 3.63) is 70.0 Å².